The molecule has 0 aliphatic rings. The first-order valence-electron chi connectivity index (χ1n) is 13.0. The maximum atomic E-state index is 13.8. The monoisotopic (exact) mass is 547 g/mol. The maximum Gasteiger partial charge on any atom is 0.254 e. The van der Waals surface area contributed by atoms with Crippen LogP contribution in [0.4, 0.5) is 4.39 Å². The maximum absolute atomic E-state index is 13.8. The van der Waals surface area contributed by atoms with Crippen LogP contribution in [0.5, 0.6) is 11.5 Å². The molecule has 3 aromatic carbocycles. The zero-order valence-electron chi connectivity index (χ0n) is 23.0. The summed E-state index contributed by atoms with van der Waals surface area (Å²) >= 11 is 0. The number of hydrogen-bond acceptors (Lipinski definition) is 5. The number of halogens is 1. The zero-order valence-corrected chi connectivity index (χ0v) is 23.0. The number of aromatic nitrogens is 1. The van der Waals surface area contributed by atoms with Crippen molar-refractivity contribution in [2.45, 2.75) is 13.0 Å². The van der Waals surface area contributed by atoms with Crippen LogP contribution in [0, 0.1) is 5.82 Å². The summed E-state index contributed by atoms with van der Waals surface area (Å²) < 4.78 is 29.4. The van der Waals surface area contributed by atoms with Crippen molar-refractivity contribution in [2.75, 3.05) is 47.6 Å². The number of hydrogen-bond donors (Lipinski definition) is 1. The van der Waals surface area contributed by atoms with Crippen molar-refractivity contribution in [3.05, 3.63) is 95.4 Å². The van der Waals surface area contributed by atoms with Gasteiger partial charge in [-0.1, -0.05) is 30.3 Å². The lowest BCUT2D eigenvalue weighted by Gasteiger charge is -2.28. The van der Waals surface area contributed by atoms with Gasteiger partial charge in [-0.05, 0) is 47.9 Å². The van der Waals surface area contributed by atoms with Gasteiger partial charge in [0.05, 0.1) is 20.8 Å². The fraction of sp³-hybridized carbons (Fsp3) is 0.290. The van der Waals surface area contributed by atoms with E-state index in [0.29, 0.717) is 30.0 Å². The second-order valence-electron chi connectivity index (χ2n) is 9.37. The molecule has 40 heavy (non-hydrogen) atoms. The number of amides is 2. The molecule has 0 unspecified atom stereocenters. The van der Waals surface area contributed by atoms with Gasteiger partial charge in [-0.25, -0.2) is 4.39 Å². The highest BCUT2D eigenvalue weighted by atomic mass is 19.1. The summed E-state index contributed by atoms with van der Waals surface area (Å²) in [5.74, 6) is 0.0182. The Labute approximate surface area is 233 Å². The topological polar surface area (TPSA) is 84.1 Å². The standard InChI is InChI=1S/C31H34FN3O5/c1-38-15-14-35(31(37)24-16-26(39-2)18-27(17-24)40-3)21-30(36)34(20-22-8-10-25(32)11-9-22)13-12-23-19-33-29-7-5-4-6-28(23)29/h4-11,16-19,33H,12-15,20-21H2,1-3H3. The molecule has 4 rings (SSSR count). The van der Waals surface area contributed by atoms with Crippen molar-refractivity contribution in [1.29, 1.82) is 0 Å². The van der Waals surface area contributed by atoms with Crippen molar-refractivity contribution >= 4 is 22.7 Å². The number of carbonyl (C=O) groups is 2. The van der Waals surface area contributed by atoms with Crippen LogP contribution >= 0.6 is 0 Å². The Morgan fingerprint density at radius 2 is 1.57 bits per heavy atom. The highest BCUT2D eigenvalue weighted by Gasteiger charge is 2.24. The Kier molecular flexibility index (Phi) is 9.75. The predicted octanol–water partition coefficient (Wildman–Crippen LogP) is 4.68. The number of carbonyl (C=O) groups excluding carboxylic acids is 2. The van der Waals surface area contributed by atoms with Gasteiger partial charge >= 0.3 is 0 Å². The van der Waals surface area contributed by atoms with Gasteiger partial charge in [0.25, 0.3) is 5.91 Å². The summed E-state index contributed by atoms with van der Waals surface area (Å²) in [5.41, 5.74) is 3.24. The molecule has 0 atom stereocenters. The average molecular weight is 548 g/mol. The van der Waals surface area contributed by atoms with E-state index in [1.165, 1.54) is 31.3 Å². The molecule has 1 heterocycles. The molecule has 1 N–H and O–H groups in total. The van der Waals surface area contributed by atoms with E-state index in [-0.39, 0.29) is 43.9 Å². The van der Waals surface area contributed by atoms with Crippen LogP contribution in [-0.4, -0.2) is 74.2 Å². The fourth-order valence-electron chi connectivity index (χ4n) is 4.53. The molecule has 9 heteroatoms. The van der Waals surface area contributed by atoms with Crippen molar-refractivity contribution < 1.29 is 28.2 Å². The number of rotatable bonds is 13. The largest absolute Gasteiger partial charge is 0.497 e. The van der Waals surface area contributed by atoms with E-state index in [1.807, 2.05) is 30.5 Å². The van der Waals surface area contributed by atoms with Crippen molar-refractivity contribution in [3.8, 4) is 11.5 Å². The highest BCUT2D eigenvalue weighted by molar-refractivity contribution is 5.97. The summed E-state index contributed by atoms with van der Waals surface area (Å²) in [6.45, 7) is 1.01. The smallest absolute Gasteiger partial charge is 0.254 e. The number of benzene rings is 3. The summed E-state index contributed by atoms with van der Waals surface area (Å²) in [6, 6.07) is 19.0. The van der Waals surface area contributed by atoms with Crippen LogP contribution in [0.1, 0.15) is 21.5 Å². The third-order valence-electron chi connectivity index (χ3n) is 6.74. The average Bonchev–Trinajstić information content (AvgIpc) is 3.40. The number of methoxy groups -OCH3 is 3. The lowest BCUT2D eigenvalue weighted by atomic mass is 10.1. The van der Waals surface area contributed by atoms with Gasteiger partial charge in [0.2, 0.25) is 5.91 Å². The fourth-order valence-corrected chi connectivity index (χ4v) is 4.53. The highest BCUT2D eigenvalue weighted by Crippen LogP contribution is 2.24. The third-order valence-corrected chi connectivity index (χ3v) is 6.74. The van der Waals surface area contributed by atoms with Crippen LogP contribution in [0.2, 0.25) is 0 Å². The Bertz CT molecular complexity index is 1410. The van der Waals surface area contributed by atoms with E-state index >= 15 is 0 Å². The number of nitrogens with one attached hydrogen (secondary N) is 1. The molecule has 0 fully saturated rings. The van der Waals surface area contributed by atoms with Gasteiger partial charge in [0.1, 0.15) is 23.9 Å². The van der Waals surface area contributed by atoms with Crippen LogP contribution in [0.15, 0.2) is 72.9 Å². The molecule has 2 amide bonds. The van der Waals surface area contributed by atoms with E-state index in [4.69, 9.17) is 14.2 Å². The van der Waals surface area contributed by atoms with Crippen LogP contribution in [-0.2, 0) is 22.5 Å². The summed E-state index contributed by atoms with van der Waals surface area (Å²) in [7, 11) is 4.56. The number of aromatic amines is 1. The SMILES string of the molecule is COCCN(CC(=O)N(CCc1c[nH]c2ccccc12)Cc1ccc(F)cc1)C(=O)c1cc(OC)cc(OC)c1. The Morgan fingerprint density at radius 3 is 2.25 bits per heavy atom. The molecule has 8 nitrogen and oxygen atoms in total. The number of H-pyrrole nitrogens is 1. The molecule has 0 bridgehead atoms. The molecule has 0 spiro atoms. The van der Waals surface area contributed by atoms with Crippen molar-refractivity contribution in [1.82, 2.24) is 14.8 Å². The lowest BCUT2D eigenvalue weighted by molar-refractivity contribution is -0.132. The zero-order chi connectivity index (χ0) is 28.5. The van der Waals surface area contributed by atoms with Gasteiger partial charge in [-0.3, -0.25) is 9.59 Å². The van der Waals surface area contributed by atoms with Crippen molar-refractivity contribution in [3.63, 3.8) is 0 Å². The van der Waals surface area contributed by atoms with E-state index in [9.17, 15) is 14.0 Å². The van der Waals surface area contributed by atoms with Gasteiger partial charge in [-0.15, -0.1) is 0 Å². The Hall–Kier alpha value is -4.37. The molecule has 0 saturated carbocycles. The molecule has 0 saturated heterocycles. The van der Waals surface area contributed by atoms with Gasteiger partial charge in [0.15, 0.2) is 0 Å². The third kappa shape index (κ3) is 7.18. The van der Waals surface area contributed by atoms with Gasteiger partial charge in [0, 0.05) is 55.5 Å². The minimum atomic E-state index is -0.346. The Balaban J connectivity index is 1.57. The van der Waals surface area contributed by atoms with Crippen LogP contribution < -0.4 is 9.47 Å². The van der Waals surface area contributed by atoms with Gasteiger partial charge in [-0.2, -0.15) is 0 Å². The number of para-hydroxylation sites is 1. The first kappa shape index (κ1) is 28.6. The molecule has 210 valence electrons. The van der Waals surface area contributed by atoms with E-state index < -0.39 is 0 Å². The predicted molar refractivity (Wildman–Crippen MR) is 151 cm³/mol. The molecule has 1 aromatic heterocycles. The molecule has 0 aliphatic carbocycles. The van der Waals surface area contributed by atoms with Crippen molar-refractivity contribution in [2.24, 2.45) is 0 Å². The molecular formula is C31H34FN3O5. The number of fused-ring (bicyclic) bond motifs is 1. The van der Waals surface area contributed by atoms with E-state index in [2.05, 4.69) is 4.98 Å². The van der Waals surface area contributed by atoms with Crippen LogP contribution in [0.25, 0.3) is 10.9 Å². The summed E-state index contributed by atoms with van der Waals surface area (Å²) in [5, 5.41) is 1.10. The second kappa shape index (κ2) is 13.6. The quantitative estimate of drug-likeness (QED) is 0.263. The number of ether oxygens (including phenoxy) is 3. The first-order chi connectivity index (χ1) is 19.4. The molecule has 0 radical (unpaired) electrons. The van der Waals surface area contributed by atoms with Gasteiger partial charge < -0.3 is 29.0 Å². The minimum Gasteiger partial charge on any atom is -0.497 e. The Morgan fingerprint density at radius 1 is 0.875 bits per heavy atom. The molecular weight excluding hydrogens is 513 g/mol. The normalized spacial score (nSPS) is 10.9. The molecule has 4 aromatic rings. The minimum absolute atomic E-state index is 0.156. The van der Waals surface area contributed by atoms with Crippen LogP contribution in [0.3, 0.4) is 0 Å². The summed E-state index contributed by atoms with van der Waals surface area (Å²) in [4.78, 5) is 33.8. The first-order valence-corrected chi connectivity index (χ1v) is 13.0. The lowest BCUT2D eigenvalue weighted by Crippen LogP contribution is -2.44. The number of nitrogens with zero attached hydrogens (tertiary/aromatic N) is 2. The molecule has 0 aliphatic heterocycles. The summed E-state index contributed by atoms with van der Waals surface area (Å²) in [6.07, 6.45) is 2.56. The van der Waals surface area contributed by atoms with E-state index in [1.54, 1.807) is 42.3 Å². The second-order valence-corrected chi connectivity index (χ2v) is 9.37. The van der Waals surface area contributed by atoms with E-state index in [0.717, 1.165) is 22.0 Å².